The second-order valence-electron chi connectivity index (χ2n) is 14.4. The maximum Gasteiger partial charge on any atom is -1.00 e. The quantitative estimate of drug-likeness (QED) is 0.251. The zero-order valence-corrected chi connectivity index (χ0v) is 32.4. The van der Waals surface area contributed by atoms with Crippen LogP contribution in [-0.4, -0.2) is 5.43 Å². The van der Waals surface area contributed by atoms with Crippen molar-refractivity contribution in [3.05, 3.63) is 134 Å². The first-order valence-corrected chi connectivity index (χ1v) is 23.1. The number of aryl methyl sites for hydroxylation is 2. The van der Waals surface area contributed by atoms with Crippen molar-refractivity contribution in [1.29, 1.82) is 0 Å². The standard InChI is InChI=1S/C21H25.C14H14Si.C5H5.2ClH.Zr/c1-20(2,3)16-9-7-14-11-15-8-10-17(21(4,5)6)13-19(15)18(14)12-16;1-11-5-3-7-13(9-11)15-14-8-4-6-12(2)10-14;1-2-4-5-3-1;;;/h7,9-10,12-13H,11H2,1-6H3;3-10H,1-2H3;1-3H,4H2;2*1H;/q;;;;;+2/p-2. The fraction of sp³-hybridized carbons (Fsp3) is 0.300. The largest absolute Gasteiger partial charge is 1.00 e. The van der Waals surface area contributed by atoms with E-state index in [-0.39, 0.29) is 35.6 Å². The van der Waals surface area contributed by atoms with Gasteiger partial charge in [-0.1, -0.05) is 0 Å². The SMILES string of the molecule is Cc1cccc([Si](c2cccc(C)c2)=[Zr+2]([C]2=CC=CC2)[c]2cc(C(C)(C)C)cc3c2Cc2ccc(C(C)(C)C)cc2-3)c1.[Cl-].[Cl-]. The van der Waals surface area contributed by atoms with E-state index in [0.29, 0.717) is 0 Å². The molecular formula is C40H44Cl2SiZr. The van der Waals surface area contributed by atoms with Gasteiger partial charge in [0.15, 0.2) is 0 Å². The van der Waals surface area contributed by atoms with E-state index in [9.17, 15) is 0 Å². The Labute approximate surface area is 286 Å². The van der Waals surface area contributed by atoms with E-state index >= 15 is 0 Å². The third-order valence-corrected chi connectivity index (χ3v) is 27.6. The minimum atomic E-state index is -2.52. The van der Waals surface area contributed by atoms with Crippen LogP contribution in [0.1, 0.15) is 81.3 Å². The van der Waals surface area contributed by atoms with Crippen molar-refractivity contribution < 1.29 is 45.2 Å². The molecular weight excluding hydrogens is 671 g/mol. The predicted molar refractivity (Wildman–Crippen MR) is 181 cm³/mol. The van der Waals surface area contributed by atoms with Gasteiger partial charge in [0, 0.05) is 0 Å². The first-order valence-electron chi connectivity index (χ1n) is 15.5. The van der Waals surface area contributed by atoms with Crippen molar-refractivity contribution in [2.24, 2.45) is 0 Å². The molecule has 0 fully saturated rings. The van der Waals surface area contributed by atoms with E-state index < -0.39 is 25.8 Å². The molecule has 2 aliphatic carbocycles. The second-order valence-corrected chi connectivity index (χ2v) is 27.7. The first kappa shape index (κ1) is 34.9. The van der Waals surface area contributed by atoms with Crippen LogP contribution >= 0.6 is 0 Å². The van der Waals surface area contributed by atoms with Crippen LogP contribution in [0, 0.1) is 13.8 Å². The molecule has 0 aliphatic heterocycles. The Kier molecular flexibility index (Phi) is 10.6. The van der Waals surface area contributed by atoms with Gasteiger partial charge in [-0.25, -0.2) is 0 Å². The van der Waals surface area contributed by atoms with Gasteiger partial charge in [0.05, 0.1) is 0 Å². The van der Waals surface area contributed by atoms with Crippen molar-refractivity contribution in [3.63, 3.8) is 0 Å². The Morgan fingerprint density at radius 3 is 1.77 bits per heavy atom. The maximum atomic E-state index is 2.69. The van der Waals surface area contributed by atoms with Gasteiger partial charge in [0.25, 0.3) is 0 Å². The van der Waals surface area contributed by atoms with Crippen molar-refractivity contribution in [3.8, 4) is 11.1 Å². The third-order valence-electron chi connectivity index (χ3n) is 8.97. The topological polar surface area (TPSA) is 0 Å². The van der Waals surface area contributed by atoms with Gasteiger partial charge < -0.3 is 24.8 Å². The van der Waals surface area contributed by atoms with Gasteiger partial charge in [-0.3, -0.25) is 0 Å². The molecule has 0 atom stereocenters. The molecule has 6 rings (SSSR count). The zero-order chi connectivity index (χ0) is 29.8. The molecule has 4 aromatic carbocycles. The van der Waals surface area contributed by atoms with Gasteiger partial charge in [-0.2, -0.15) is 0 Å². The van der Waals surface area contributed by atoms with Crippen LogP contribution in [0.25, 0.3) is 11.1 Å². The van der Waals surface area contributed by atoms with E-state index in [1.165, 1.54) is 38.9 Å². The summed E-state index contributed by atoms with van der Waals surface area (Å²) >= 11 is -2.52. The van der Waals surface area contributed by atoms with E-state index in [2.05, 4.69) is 152 Å². The summed E-state index contributed by atoms with van der Waals surface area (Å²) in [6.07, 6.45) is 9.44. The summed E-state index contributed by atoms with van der Waals surface area (Å²) in [6, 6.07) is 31.6. The van der Waals surface area contributed by atoms with Gasteiger partial charge in [-0.05, 0) is 0 Å². The van der Waals surface area contributed by atoms with Crippen molar-refractivity contribution in [2.75, 3.05) is 0 Å². The van der Waals surface area contributed by atoms with Gasteiger partial charge in [-0.15, -0.1) is 0 Å². The number of rotatable bonds is 4. The summed E-state index contributed by atoms with van der Waals surface area (Å²) in [7, 11) is 0. The molecule has 2 aliphatic rings. The van der Waals surface area contributed by atoms with Crippen LogP contribution < -0.4 is 38.5 Å². The van der Waals surface area contributed by atoms with Crippen LogP contribution in [0.2, 0.25) is 0 Å². The molecule has 0 aromatic heterocycles. The Morgan fingerprint density at radius 1 is 0.659 bits per heavy atom. The summed E-state index contributed by atoms with van der Waals surface area (Å²) < 4.78 is 3.51. The Balaban J connectivity index is 0.00000221. The van der Waals surface area contributed by atoms with Crippen molar-refractivity contribution in [1.82, 2.24) is 0 Å². The number of hydrogen-bond donors (Lipinski definition) is 0. The Bertz CT molecular complexity index is 1760. The normalized spacial score (nSPS) is 13.2. The number of halogens is 2. The second kappa shape index (κ2) is 13.4. The predicted octanol–water partition coefficient (Wildman–Crippen LogP) is 2.37. The molecule has 0 radical (unpaired) electrons. The summed E-state index contributed by atoms with van der Waals surface area (Å²) in [5.74, 6) is 0. The van der Waals surface area contributed by atoms with Crippen LogP contribution in [-0.2, 0) is 37.6 Å². The molecule has 0 saturated carbocycles. The molecule has 0 bridgehead atoms. The maximum absolute atomic E-state index is 2.69. The monoisotopic (exact) mass is 712 g/mol. The van der Waals surface area contributed by atoms with Crippen LogP contribution in [0.4, 0.5) is 0 Å². The number of allylic oxidation sites excluding steroid dienone is 4. The third kappa shape index (κ3) is 6.90. The Hall–Kier alpha value is -1.96. The minimum absolute atomic E-state index is 0. The molecule has 0 amide bonds. The van der Waals surface area contributed by atoms with E-state index in [0.717, 1.165) is 12.8 Å². The van der Waals surface area contributed by atoms with E-state index in [4.69, 9.17) is 0 Å². The fourth-order valence-corrected chi connectivity index (χ4v) is 27.0. The molecule has 226 valence electrons. The number of hydrogen-bond acceptors (Lipinski definition) is 0. The molecule has 44 heavy (non-hydrogen) atoms. The summed E-state index contributed by atoms with van der Waals surface area (Å²) in [5, 5.41) is 3.18. The molecule has 0 spiro atoms. The van der Waals surface area contributed by atoms with Gasteiger partial charge in [0.1, 0.15) is 0 Å². The summed E-state index contributed by atoms with van der Waals surface area (Å²) in [5.41, 5.74) is 11.0. The van der Waals surface area contributed by atoms with Crippen LogP contribution in [0.3, 0.4) is 0 Å². The average molecular weight is 715 g/mol. The van der Waals surface area contributed by atoms with Crippen molar-refractivity contribution >= 4 is 19.1 Å². The zero-order valence-electron chi connectivity index (χ0n) is 27.4. The molecule has 4 heteroatoms. The molecule has 0 nitrogen and oxygen atoms in total. The summed E-state index contributed by atoms with van der Waals surface area (Å²) in [6.45, 7) is 18.7. The van der Waals surface area contributed by atoms with Gasteiger partial charge >= 0.3 is 263 Å². The minimum Gasteiger partial charge on any atom is -1.00 e. The van der Waals surface area contributed by atoms with Gasteiger partial charge in [0.2, 0.25) is 0 Å². The first-order chi connectivity index (χ1) is 19.9. The van der Waals surface area contributed by atoms with E-state index in [1.807, 2.05) is 0 Å². The number of fused-ring (bicyclic) bond motifs is 3. The van der Waals surface area contributed by atoms with Crippen LogP contribution in [0.5, 0.6) is 0 Å². The summed E-state index contributed by atoms with van der Waals surface area (Å²) in [4.78, 5) is 0. The van der Waals surface area contributed by atoms with E-state index in [1.54, 1.807) is 22.5 Å². The molecule has 0 saturated heterocycles. The van der Waals surface area contributed by atoms with Crippen LogP contribution in [0.15, 0.2) is 100 Å². The smallest absolute Gasteiger partial charge is 1.00 e. The molecule has 4 aromatic rings. The Morgan fingerprint density at radius 2 is 1.25 bits per heavy atom. The number of benzene rings is 4. The molecule has 0 unspecified atom stereocenters. The molecule has 0 N–H and O–H groups in total. The fourth-order valence-electron chi connectivity index (χ4n) is 6.55. The molecule has 0 heterocycles. The van der Waals surface area contributed by atoms with Crippen molar-refractivity contribution in [2.45, 2.75) is 79.1 Å². The average Bonchev–Trinajstić information content (AvgIpc) is 3.58.